The molecule has 0 aromatic heterocycles. The molecule has 0 saturated carbocycles. The molecule has 152 valence electrons. The van der Waals surface area contributed by atoms with E-state index in [1.807, 2.05) is 0 Å². The minimum atomic E-state index is -3.89. The first kappa shape index (κ1) is 21.8. The number of benzene rings is 1. The summed E-state index contributed by atoms with van der Waals surface area (Å²) in [6.07, 6.45) is 2.68. The van der Waals surface area contributed by atoms with Gasteiger partial charge in [0.25, 0.3) is 0 Å². The molecule has 0 spiro atoms. The molecule has 1 fully saturated rings. The molecule has 1 heterocycles. The highest BCUT2D eigenvalue weighted by atomic mass is 32.2. The lowest BCUT2D eigenvalue weighted by Crippen LogP contribution is -2.40. The van der Waals surface area contributed by atoms with Crippen molar-refractivity contribution in [3.63, 3.8) is 0 Å². The first-order chi connectivity index (χ1) is 12.7. The van der Waals surface area contributed by atoms with Gasteiger partial charge in [0.1, 0.15) is 0 Å². The molecule has 1 aliphatic heterocycles. The van der Waals surface area contributed by atoms with Crippen LogP contribution in [0.5, 0.6) is 0 Å². The largest absolute Gasteiger partial charge is 0.355 e. The summed E-state index contributed by atoms with van der Waals surface area (Å²) in [4.78, 5) is 11.8. The summed E-state index contributed by atoms with van der Waals surface area (Å²) in [7, 11) is -7.50. The van der Waals surface area contributed by atoms with Gasteiger partial charge >= 0.3 is 0 Å². The molecule has 0 aliphatic carbocycles. The summed E-state index contributed by atoms with van der Waals surface area (Å²) >= 11 is 0. The highest BCUT2D eigenvalue weighted by Crippen LogP contribution is 2.23. The Morgan fingerprint density at radius 2 is 1.56 bits per heavy atom. The number of nitrogens with one attached hydrogen (secondary N) is 1. The van der Waals surface area contributed by atoms with E-state index >= 15 is 0 Å². The molecular weight excluding hydrogens is 390 g/mol. The zero-order chi connectivity index (χ0) is 20.1. The molecule has 1 aromatic rings. The Kier molecular flexibility index (Phi) is 7.38. The van der Waals surface area contributed by atoms with Gasteiger partial charge in [0, 0.05) is 26.2 Å². The molecule has 0 atom stereocenters. The van der Waals surface area contributed by atoms with Crippen molar-refractivity contribution in [1.29, 1.82) is 0 Å². The van der Waals surface area contributed by atoms with Gasteiger partial charge in [-0.15, -0.1) is 0 Å². The summed E-state index contributed by atoms with van der Waals surface area (Å²) < 4.78 is 53.3. The SMILES string of the molecule is CCNC(=O)CN(CC)S(=O)(=O)c1ccc(S(=O)(=O)N2CCCCC2)cc1. The number of piperidine rings is 1. The molecule has 1 amide bonds. The predicted octanol–water partition coefficient (Wildman–Crippen LogP) is 1.01. The number of sulfonamides is 2. The lowest BCUT2D eigenvalue weighted by atomic mass is 10.2. The Bertz CT molecular complexity index is 845. The van der Waals surface area contributed by atoms with E-state index in [1.54, 1.807) is 13.8 Å². The molecule has 0 unspecified atom stereocenters. The van der Waals surface area contributed by atoms with Crippen LogP contribution in [0.1, 0.15) is 33.1 Å². The second kappa shape index (κ2) is 9.13. The third kappa shape index (κ3) is 5.07. The topological polar surface area (TPSA) is 104 Å². The first-order valence-corrected chi connectivity index (χ1v) is 12.0. The number of likely N-dealkylation sites (N-methyl/N-ethyl adjacent to an activating group) is 2. The van der Waals surface area contributed by atoms with Crippen molar-refractivity contribution < 1.29 is 21.6 Å². The standard InChI is InChI=1S/C17H27N3O5S2/c1-3-18-17(21)14-19(4-2)26(22,23)15-8-10-16(11-9-15)27(24,25)20-12-6-5-7-13-20/h8-11H,3-7,12-14H2,1-2H3,(H,18,21). The van der Waals surface area contributed by atoms with E-state index in [-0.39, 0.29) is 28.8 Å². The lowest BCUT2D eigenvalue weighted by Gasteiger charge is -2.26. The van der Waals surface area contributed by atoms with Crippen molar-refractivity contribution in [2.24, 2.45) is 0 Å². The normalized spacial score (nSPS) is 16.4. The minimum absolute atomic E-state index is 0.0359. The van der Waals surface area contributed by atoms with Crippen molar-refractivity contribution in [3.05, 3.63) is 24.3 Å². The van der Waals surface area contributed by atoms with E-state index in [9.17, 15) is 21.6 Å². The number of amides is 1. The highest BCUT2D eigenvalue weighted by molar-refractivity contribution is 7.89. The van der Waals surface area contributed by atoms with Gasteiger partial charge in [-0.3, -0.25) is 4.79 Å². The van der Waals surface area contributed by atoms with E-state index in [4.69, 9.17) is 0 Å². The predicted molar refractivity (Wildman–Crippen MR) is 102 cm³/mol. The molecule has 2 rings (SSSR count). The second-order valence-electron chi connectivity index (χ2n) is 6.32. The third-order valence-electron chi connectivity index (χ3n) is 4.46. The summed E-state index contributed by atoms with van der Waals surface area (Å²) in [6.45, 7) is 4.64. The van der Waals surface area contributed by atoms with Gasteiger partial charge in [-0.25, -0.2) is 16.8 Å². The number of hydrogen-bond acceptors (Lipinski definition) is 5. The molecule has 8 nitrogen and oxygen atoms in total. The fraction of sp³-hybridized carbons (Fsp3) is 0.588. The van der Waals surface area contributed by atoms with E-state index in [2.05, 4.69) is 5.32 Å². The molecule has 1 saturated heterocycles. The molecule has 1 aromatic carbocycles. The van der Waals surface area contributed by atoms with Crippen LogP contribution in [0.4, 0.5) is 0 Å². The van der Waals surface area contributed by atoms with Gasteiger partial charge < -0.3 is 5.32 Å². The average molecular weight is 418 g/mol. The number of rotatable bonds is 8. The fourth-order valence-corrected chi connectivity index (χ4v) is 5.89. The lowest BCUT2D eigenvalue weighted by molar-refractivity contribution is -0.121. The van der Waals surface area contributed by atoms with Gasteiger partial charge in [-0.2, -0.15) is 8.61 Å². The van der Waals surface area contributed by atoms with Crippen molar-refractivity contribution in [1.82, 2.24) is 13.9 Å². The molecule has 0 bridgehead atoms. The monoisotopic (exact) mass is 417 g/mol. The van der Waals surface area contributed by atoms with Gasteiger partial charge in [0.2, 0.25) is 26.0 Å². The smallest absolute Gasteiger partial charge is 0.243 e. The van der Waals surface area contributed by atoms with Gasteiger partial charge in [0.05, 0.1) is 16.3 Å². The quantitative estimate of drug-likeness (QED) is 0.680. The van der Waals surface area contributed by atoms with Crippen LogP contribution in [0.2, 0.25) is 0 Å². The van der Waals surface area contributed by atoms with E-state index in [1.165, 1.54) is 28.6 Å². The summed E-state index contributed by atoms with van der Waals surface area (Å²) in [6, 6.07) is 5.20. The van der Waals surface area contributed by atoms with Crippen LogP contribution in [0, 0.1) is 0 Å². The van der Waals surface area contributed by atoms with E-state index < -0.39 is 20.0 Å². The Morgan fingerprint density at radius 3 is 2.07 bits per heavy atom. The molecule has 27 heavy (non-hydrogen) atoms. The van der Waals surface area contributed by atoms with Crippen molar-refractivity contribution >= 4 is 26.0 Å². The molecule has 0 radical (unpaired) electrons. The molecule has 10 heteroatoms. The van der Waals surface area contributed by atoms with Gasteiger partial charge in [-0.05, 0) is 44.0 Å². The summed E-state index contributed by atoms with van der Waals surface area (Å²) in [5, 5.41) is 2.57. The molecule has 1 N–H and O–H groups in total. The van der Waals surface area contributed by atoms with Crippen LogP contribution in [-0.2, 0) is 24.8 Å². The van der Waals surface area contributed by atoms with Crippen LogP contribution in [0.3, 0.4) is 0 Å². The van der Waals surface area contributed by atoms with E-state index in [0.29, 0.717) is 19.6 Å². The second-order valence-corrected chi connectivity index (χ2v) is 10.2. The number of carbonyl (C=O) groups is 1. The molecule has 1 aliphatic rings. The first-order valence-electron chi connectivity index (χ1n) is 9.10. The Hall–Kier alpha value is -1.49. The Labute approximate surface area is 161 Å². The van der Waals surface area contributed by atoms with Crippen LogP contribution in [0.25, 0.3) is 0 Å². The zero-order valence-corrected chi connectivity index (χ0v) is 17.4. The van der Waals surface area contributed by atoms with Crippen molar-refractivity contribution in [3.8, 4) is 0 Å². The Morgan fingerprint density at radius 1 is 1.00 bits per heavy atom. The van der Waals surface area contributed by atoms with Crippen LogP contribution in [0.15, 0.2) is 34.1 Å². The summed E-state index contributed by atoms with van der Waals surface area (Å²) in [5.41, 5.74) is 0. The minimum Gasteiger partial charge on any atom is -0.355 e. The molecular formula is C17H27N3O5S2. The van der Waals surface area contributed by atoms with Crippen LogP contribution < -0.4 is 5.32 Å². The van der Waals surface area contributed by atoms with Gasteiger partial charge in [-0.1, -0.05) is 13.3 Å². The average Bonchev–Trinajstić information content (AvgIpc) is 2.67. The fourth-order valence-electron chi connectivity index (χ4n) is 2.97. The Balaban J connectivity index is 2.23. The van der Waals surface area contributed by atoms with Crippen molar-refractivity contribution in [2.45, 2.75) is 42.9 Å². The maximum absolute atomic E-state index is 12.8. The number of hydrogen-bond donors (Lipinski definition) is 1. The summed E-state index contributed by atoms with van der Waals surface area (Å²) in [5.74, 6) is -0.382. The van der Waals surface area contributed by atoms with Crippen LogP contribution in [-0.4, -0.2) is 64.1 Å². The number of nitrogens with zero attached hydrogens (tertiary/aromatic N) is 2. The maximum atomic E-state index is 12.8. The highest BCUT2D eigenvalue weighted by Gasteiger charge is 2.28. The zero-order valence-electron chi connectivity index (χ0n) is 15.7. The maximum Gasteiger partial charge on any atom is 0.243 e. The number of carbonyl (C=O) groups excluding carboxylic acids is 1. The third-order valence-corrected chi connectivity index (χ3v) is 8.31. The van der Waals surface area contributed by atoms with Gasteiger partial charge in [0.15, 0.2) is 0 Å². The van der Waals surface area contributed by atoms with Crippen molar-refractivity contribution in [2.75, 3.05) is 32.7 Å². The van der Waals surface area contributed by atoms with E-state index in [0.717, 1.165) is 23.6 Å². The van der Waals surface area contributed by atoms with Crippen LogP contribution >= 0.6 is 0 Å².